The van der Waals surface area contributed by atoms with Crippen LogP contribution in [-0.4, -0.2) is 54.9 Å². The van der Waals surface area contributed by atoms with Crippen LogP contribution in [0.25, 0.3) is 0 Å². The van der Waals surface area contributed by atoms with Crippen LogP contribution in [0, 0.1) is 0 Å². The van der Waals surface area contributed by atoms with Crippen LogP contribution in [0.2, 0.25) is 0 Å². The van der Waals surface area contributed by atoms with Crippen LogP contribution in [0.5, 0.6) is 0 Å². The molecule has 1 fully saturated rings. The number of rotatable bonds is 11. The van der Waals surface area contributed by atoms with Crippen molar-refractivity contribution in [3.63, 3.8) is 0 Å². The van der Waals surface area contributed by atoms with E-state index in [1.807, 2.05) is 60.7 Å². The van der Waals surface area contributed by atoms with Gasteiger partial charge in [-0.2, -0.15) is 0 Å². The van der Waals surface area contributed by atoms with Crippen molar-refractivity contribution in [2.24, 2.45) is 0 Å². The molecule has 3 rings (SSSR count). The molecule has 1 heterocycles. The van der Waals surface area contributed by atoms with Crippen molar-refractivity contribution in [1.29, 1.82) is 0 Å². The lowest BCUT2D eigenvalue weighted by Gasteiger charge is -2.44. The summed E-state index contributed by atoms with van der Waals surface area (Å²) in [6.45, 7) is 6.24. The summed E-state index contributed by atoms with van der Waals surface area (Å²) in [6.07, 6.45) is -1.48. The minimum Gasteiger partial charge on any atom is -0.374 e. The van der Waals surface area contributed by atoms with Crippen molar-refractivity contribution in [2.45, 2.75) is 50.8 Å². The third-order valence-electron chi connectivity index (χ3n) is 5.12. The summed E-state index contributed by atoms with van der Waals surface area (Å²) in [5.74, 6) is -0.299. The summed E-state index contributed by atoms with van der Waals surface area (Å²) >= 11 is 0. The Morgan fingerprint density at radius 2 is 1.66 bits per heavy atom. The number of hydrogen-bond acceptors (Lipinski definition) is 6. The molecule has 2 aromatic rings. The Hall–Kier alpha value is -2.55. The van der Waals surface area contributed by atoms with E-state index in [0.29, 0.717) is 13.2 Å². The third-order valence-corrected chi connectivity index (χ3v) is 5.12. The zero-order valence-corrected chi connectivity index (χ0v) is 18.3. The molecule has 0 aliphatic carbocycles. The normalized spacial score (nSPS) is 25.2. The van der Waals surface area contributed by atoms with Gasteiger partial charge in [-0.1, -0.05) is 66.7 Å². The molecule has 0 spiro atoms. The van der Waals surface area contributed by atoms with E-state index in [1.165, 1.54) is 6.92 Å². The first-order chi connectivity index (χ1) is 15.6. The quantitative estimate of drug-likeness (QED) is 0.522. The zero-order valence-electron chi connectivity index (χ0n) is 18.3. The van der Waals surface area contributed by atoms with Crippen molar-refractivity contribution in [1.82, 2.24) is 5.32 Å². The van der Waals surface area contributed by atoms with Gasteiger partial charge in [-0.25, -0.2) is 0 Å². The molecule has 0 radical (unpaired) electrons. The highest BCUT2D eigenvalue weighted by molar-refractivity contribution is 5.73. The van der Waals surface area contributed by atoms with Gasteiger partial charge in [-0.15, -0.1) is 6.58 Å². The highest BCUT2D eigenvalue weighted by Crippen LogP contribution is 2.27. The molecule has 0 saturated carbocycles. The van der Waals surface area contributed by atoms with E-state index in [0.717, 1.165) is 11.1 Å². The fourth-order valence-electron chi connectivity index (χ4n) is 3.66. The van der Waals surface area contributed by atoms with E-state index >= 15 is 0 Å². The first-order valence-electron chi connectivity index (χ1n) is 10.7. The van der Waals surface area contributed by atoms with Crippen LogP contribution >= 0.6 is 0 Å². The number of nitrogens with one attached hydrogen (secondary N) is 1. The summed E-state index contributed by atoms with van der Waals surface area (Å²) in [4.78, 5) is 11.8. The van der Waals surface area contributed by atoms with Gasteiger partial charge >= 0.3 is 0 Å². The monoisotopic (exact) mass is 441 g/mol. The first-order valence-corrected chi connectivity index (χ1v) is 10.7. The Labute approximate surface area is 188 Å². The van der Waals surface area contributed by atoms with E-state index in [9.17, 15) is 9.90 Å². The molecule has 32 heavy (non-hydrogen) atoms. The summed E-state index contributed by atoms with van der Waals surface area (Å²) < 4.78 is 23.9. The lowest BCUT2D eigenvalue weighted by atomic mass is 9.96. The highest BCUT2D eigenvalue weighted by atomic mass is 16.7. The molecule has 5 atom stereocenters. The molecule has 1 aliphatic heterocycles. The van der Waals surface area contributed by atoms with E-state index in [1.54, 1.807) is 6.08 Å². The molecule has 0 bridgehead atoms. The molecule has 2 N–H and O–H groups in total. The van der Waals surface area contributed by atoms with Crippen molar-refractivity contribution < 1.29 is 28.8 Å². The van der Waals surface area contributed by atoms with Gasteiger partial charge in [-0.3, -0.25) is 4.79 Å². The molecule has 0 aromatic heterocycles. The molecule has 2 aromatic carbocycles. The molecule has 172 valence electrons. The van der Waals surface area contributed by atoms with Crippen molar-refractivity contribution >= 4 is 5.91 Å². The van der Waals surface area contributed by atoms with Gasteiger partial charge in [0.25, 0.3) is 0 Å². The minimum atomic E-state index is -1.27. The molecule has 7 nitrogen and oxygen atoms in total. The smallest absolute Gasteiger partial charge is 0.217 e. The molecular weight excluding hydrogens is 410 g/mol. The number of amides is 1. The van der Waals surface area contributed by atoms with Crippen LogP contribution < -0.4 is 5.32 Å². The number of carbonyl (C=O) groups is 1. The second kappa shape index (κ2) is 12.5. The topological polar surface area (TPSA) is 86.3 Å². The Kier molecular flexibility index (Phi) is 9.40. The Bertz CT molecular complexity index is 831. The fraction of sp³-hybridized carbons (Fsp3) is 0.400. The molecule has 7 heteroatoms. The summed E-state index contributed by atoms with van der Waals surface area (Å²) in [5, 5.41) is 13.4. The minimum absolute atomic E-state index is 0.186. The average Bonchev–Trinajstić information content (AvgIpc) is 2.80. The van der Waals surface area contributed by atoms with E-state index in [4.69, 9.17) is 18.9 Å². The zero-order chi connectivity index (χ0) is 22.8. The van der Waals surface area contributed by atoms with E-state index < -0.39 is 30.6 Å². The van der Waals surface area contributed by atoms with Gasteiger partial charge in [0.05, 0.1) is 26.4 Å². The lowest BCUT2D eigenvalue weighted by molar-refractivity contribution is -0.274. The number of ether oxygens (including phenoxy) is 4. The molecule has 1 saturated heterocycles. The predicted molar refractivity (Wildman–Crippen MR) is 120 cm³/mol. The van der Waals surface area contributed by atoms with Gasteiger partial charge in [0, 0.05) is 6.92 Å². The van der Waals surface area contributed by atoms with Gasteiger partial charge in [0.2, 0.25) is 5.91 Å². The van der Waals surface area contributed by atoms with Crippen LogP contribution in [0.1, 0.15) is 18.1 Å². The van der Waals surface area contributed by atoms with Gasteiger partial charge in [-0.05, 0) is 11.1 Å². The summed E-state index contributed by atoms with van der Waals surface area (Å²) in [7, 11) is 0. The maximum atomic E-state index is 11.8. The predicted octanol–water partition coefficient (Wildman–Crippen LogP) is 2.58. The van der Waals surface area contributed by atoms with Crippen LogP contribution in [0.15, 0.2) is 73.3 Å². The van der Waals surface area contributed by atoms with Gasteiger partial charge in [0.1, 0.15) is 24.4 Å². The lowest BCUT2D eigenvalue weighted by Crippen LogP contribution is -2.65. The molecular formula is C25H31NO6. The average molecular weight is 442 g/mol. The largest absolute Gasteiger partial charge is 0.374 e. The van der Waals surface area contributed by atoms with Crippen LogP contribution in [0.4, 0.5) is 0 Å². The molecule has 0 unspecified atom stereocenters. The third kappa shape index (κ3) is 6.98. The molecule has 1 amide bonds. The van der Waals surface area contributed by atoms with Crippen molar-refractivity contribution in [3.8, 4) is 0 Å². The second-order valence-corrected chi connectivity index (χ2v) is 7.64. The van der Waals surface area contributed by atoms with Crippen LogP contribution in [-0.2, 0) is 37.0 Å². The Balaban J connectivity index is 1.74. The number of aliphatic hydroxyl groups is 1. The number of carbonyl (C=O) groups excluding carboxylic acids is 1. The highest BCUT2D eigenvalue weighted by Gasteiger charge is 2.47. The fourth-order valence-corrected chi connectivity index (χ4v) is 3.66. The number of benzene rings is 2. The van der Waals surface area contributed by atoms with Crippen LogP contribution in [0.3, 0.4) is 0 Å². The SMILES string of the molecule is C=CCO[C@H]1[C@H](OCc2ccccc2)[C@H](NC(C)=O)[C@@H](O)O[C@@H]1COCc1ccccc1. The Morgan fingerprint density at radius 3 is 2.25 bits per heavy atom. The van der Waals surface area contributed by atoms with Crippen molar-refractivity contribution in [3.05, 3.63) is 84.4 Å². The first kappa shape index (κ1) is 24.1. The van der Waals surface area contributed by atoms with E-state index in [-0.39, 0.29) is 19.1 Å². The number of hydrogen-bond donors (Lipinski definition) is 2. The standard InChI is InChI=1S/C25H31NO6/c1-3-14-30-23-21(17-29-15-19-10-6-4-7-11-19)32-25(28)22(26-18(2)27)24(23)31-16-20-12-8-5-9-13-20/h3-13,21-25,28H,1,14-17H2,2H3,(H,26,27)/t21-,22+,23-,24-,25+/m1/s1. The van der Waals surface area contributed by atoms with Gasteiger partial charge in [0.15, 0.2) is 6.29 Å². The number of aliphatic hydroxyl groups excluding tert-OH is 1. The maximum Gasteiger partial charge on any atom is 0.217 e. The molecule has 1 aliphatic rings. The van der Waals surface area contributed by atoms with Gasteiger partial charge < -0.3 is 29.4 Å². The summed E-state index contributed by atoms with van der Waals surface area (Å²) in [5.41, 5.74) is 2.00. The summed E-state index contributed by atoms with van der Waals surface area (Å²) in [6, 6.07) is 18.7. The van der Waals surface area contributed by atoms with E-state index in [2.05, 4.69) is 11.9 Å². The maximum absolute atomic E-state index is 11.8. The second-order valence-electron chi connectivity index (χ2n) is 7.64. The van der Waals surface area contributed by atoms with Crippen molar-refractivity contribution in [2.75, 3.05) is 13.2 Å². The Morgan fingerprint density at radius 1 is 1.03 bits per heavy atom.